The molecular weight excluding hydrogens is 188 g/mol. The summed E-state index contributed by atoms with van der Waals surface area (Å²) >= 11 is 0. The van der Waals surface area contributed by atoms with Gasteiger partial charge in [-0.15, -0.1) is 0 Å². The van der Waals surface area contributed by atoms with Crippen molar-refractivity contribution in [3.63, 3.8) is 0 Å². The Morgan fingerprint density at radius 2 is 1.40 bits per heavy atom. The van der Waals surface area contributed by atoms with E-state index in [2.05, 4.69) is 24.5 Å². The summed E-state index contributed by atoms with van der Waals surface area (Å²) in [4.78, 5) is 0. The molecule has 3 nitrogen and oxygen atoms in total. The third-order valence-corrected chi connectivity index (χ3v) is 3.76. The number of hydrogen-bond acceptors (Lipinski definition) is 3. The molecule has 0 saturated carbocycles. The summed E-state index contributed by atoms with van der Waals surface area (Å²) < 4.78 is 6.09. The van der Waals surface area contributed by atoms with Gasteiger partial charge in [0.2, 0.25) is 0 Å². The Labute approximate surface area is 93.0 Å². The first-order valence-corrected chi connectivity index (χ1v) is 6.39. The normalized spacial score (nSPS) is 35.6. The summed E-state index contributed by atoms with van der Waals surface area (Å²) in [6.45, 7) is 6.73. The van der Waals surface area contributed by atoms with Gasteiger partial charge in [0.25, 0.3) is 0 Å². The topological polar surface area (TPSA) is 33.3 Å². The molecule has 2 N–H and O–H groups in total. The highest BCUT2D eigenvalue weighted by Gasteiger charge is 2.27. The molecule has 15 heavy (non-hydrogen) atoms. The number of hydrogen-bond donors (Lipinski definition) is 2. The average Bonchev–Trinajstić information content (AvgIpc) is 2.91. The summed E-state index contributed by atoms with van der Waals surface area (Å²) in [5.41, 5.74) is 0. The number of ether oxygens (including phenoxy) is 1. The lowest BCUT2D eigenvalue weighted by Crippen LogP contribution is -2.42. The van der Waals surface area contributed by atoms with Crippen molar-refractivity contribution in [2.75, 3.05) is 13.1 Å². The van der Waals surface area contributed by atoms with Crippen molar-refractivity contribution in [2.24, 2.45) is 0 Å². The number of nitrogens with one attached hydrogen (secondary N) is 2. The van der Waals surface area contributed by atoms with Crippen molar-refractivity contribution in [3.05, 3.63) is 0 Å². The molecular formula is C12H24N2O. The third-order valence-electron chi connectivity index (χ3n) is 3.76. The highest BCUT2D eigenvalue weighted by Crippen LogP contribution is 2.17. The van der Waals surface area contributed by atoms with Crippen molar-refractivity contribution < 1.29 is 4.74 Å². The van der Waals surface area contributed by atoms with Crippen molar-refractivity contribution in [1.82, 2.24) is 10.6 Å². The fourth-order valence-corrected chi connectivity index (χ4v) is 2.75. The van der Waals surface area contributed by atoms with E-state index in [1.807, 2.05) is 0 Å². The lowest BCUT2D eigenvalue weighted by Gasteiger charge is -2.27. The van der Waals surface area contributed by atoms with Crippen molar-refractivity contribution >= 4 is 0 Å². The van der Waals surface area contributed by atoms with Crippen LogP contribution in [0.4, 0.5) is 0 Å². The molecule has 3 heteroatoms. The van der Waals surface area contributed by atoms with Crippen LogP contribution in [0, 0.1) is 0 Å². The molecule has 2 rings (SSSR count). The van der Waals surface area contributed by atoms with Crippen molar-refractivity contribution in [2.45, 2.75) is 63.8 Å². The molecule has 0 bridgehead atoms. The smallest absolute Gasteiger partial charge is 0.0704 e. The molecule has 0 radical (unpaired) electrons. The van der Waals surface area contributed by atoms with Crippen LogP contribution < -0.4 is 10.6 Å². The van der Waals surface area contributed by atoms with Gasteiger partial charge in [0, 0.05) is 12.1 Å². The van der Waals surface area contributed by atoms with E-state index in [0.717, 1.165) is 13.1 Å². The van der Waals surface area contributed by atoms with Gasteiger partial charge < -0.3 is 15.4 Å². The summed E-state index contributed by atoms with van der Waals surface area (Å²) in [6, 6.07) is 1.16. The summed E-state index contributed by atoms with van der Waals surface area (Å²) in [7, 11) is 0. The predicted molar refractivity (Wildman–Crippen MR) is 62.1 cm³/mol. The average molecular weight is 212 g/mol. The molecule has 2 aliphatic heterocycles. The van der Waals surface area contributed by atoms with E-state index in [4.69, 9.17) is 4.74 Å². The second kappa shape index (κ2) is 5.28. The quantitative estimate of drug-likeness (QED) is 0.736. The zero-order valence-corrected chi connectivity index (χ0v) is 9.96. The van der Waals surface area contributed by atoms with E-state index >= 15 is 0 Å². The van der Waals surface area contributed by atoms with Crippen molar-refractivity contribution in [3.8, 4) is 0 Å². The highest BCUT2D eigenvalue weighted by atomic mass is 16.5. The largest absolute Gasteiger partial charge is 0.372 e. The van der Waals surface area contributed by atoms with E-state index < -0.39 is 0 Å². The lowest BCUT2D eigenvalue weighted by molar-refractivity contribution is -0.0237. The molecule has 0 amide bonds. The van der Waals surface area contributed by atoms with Crippen LogP contribution in [0.25, 0.3) is 0 Å². The lowest BCUT2D eigenvalue weighted by atomic mass is 10.1. The third kappa shape index (κ3) is 2.92. The maximum atomic E-state index is 6.09. The molecule has 0 aromatic heterocycles. The van der Waals surface area contributed by atoms with E-state index in [0.29, 0.717) is 24.3 Å². The minimum Gasteiger partial charge on any atom is -0.372 e. The van der Waals surface area contributed by atoms with E-state index in [1.54, 1.807) is 0 Å². The predicted octanol–water partition coefficient (Wildman–Crippen LogP) is 1.28. The minimum absolute atomic E-state index is 0.352. The Morgan fingerprint density at radius 3 is 1.73 bits per heavy atom. The van der Waals surface area contributed by atoms with Crippen LogP contribution in [0.15, 0.2) is 0 Å². The Kier molecular flexibility index (Phi) is 4.00. The zero-order chi connectivity index (χ0) is 10.7. The van der Waals surface area contributed by atoms with E-state index in [9.17, 15) is 0 Å². The van der Waals surface area contributed by atoms with Gasteiger partial charge in [-0.25, -0.2) is 0 Å². The van der Waals surface area contributed by atoms with Crippen LogP contribution in [0.1, 0.15) is 39.5 Å². The monoisotopic (exact) mass is 212 g/mol. The molecule has 2 heterocycles. The van der Waals surface area contributed by atoms with Gasteiger partial charge in [-0.1, -0.05) is 0 Å². The van der Waals surface area contributed by atoms with Crippen LogP contribution in [0.3, 0.4) is 0 Å². The molecule has 0 aromatic rings. The number of rotatable bonds is 4. The molecule has 2 fully saturated rings. The second-order valence-electron chi connectivity index (χ2n) is 4.95. The fourth-order valence-electron chi connectivity index (χ4n) is 2.75. The van der Waals surface area contributed by atoms with Gasteiger partial charge in [0.15, 0.2) is 0 Å². The van der Waals surface area contributed by atoms with Gasteiger partial charge in [-0.05, 0) is 52.6 Å². The highest BCUT2D eigenvalue weighted by molar-refractivity contribution is 4.84. The van der Waals surface area contributed by atoms with Gasteiger partial charge >= 0.3 is 0 Å². The second-order valence-corrected chi connectivity index (χ2v) is 4.95. The van der Waals surface area contributed by atoms with Crippen LogP contribution in [-0.4, -0.2) is 37.4 Å². The summed E-state index contributed by atoms with van der Waals surface area (Å²) in [5, 5.41) is 7.01. The van der Waals surface area contributed by atoms with Crippen LogP contribution in [0.5, 0.6) is 0 Å². The molecule has 4 unspecified atom stereocenters. The molecule has 0 aromatic carbocycles. The maximum Gasteiger partial charge on any atom is 0.0704 e. The van der Waals surface area contributed by atoms with Crippen LogP contribution in [-0.2, 0) is 4.74 Å². The fraction of sp³-hybridized carbons (Fsp3) is 1.00. The molecule has 0 aliphatic carbocycles. The first-order valence-electron chi connectivity index (χ1n) is 6.39. The zero-order valence-electron chi connectivity index (χ0n) is 9.96. The van der Waals surface area contributed by atoms with Gasteiger partial charge in [0.1, 0.15) is 0 Å². The van der Waals surface area contributed by atoms with E-state index in [-0.39, 0.29) is 0 Å². The van der Waals surface area contributed by atoms with Gasteiger partial charge in [-0.3, -0.25) is 0 Å². The molecule has 0 spiro atoms. The Hall–Kier alpha value is -0.120. The van der Waals surface area contributed by atoms with E-state index in [1.165, 1.54) is 25.7 Å². The van der Waals surface area contributed by atoms with Crippen LogP contribution >= 0.6 is 0 Å². The Morgan fingerprint density at radius 1 is 0.933 bits per heavy atom. The minimum atomic E-state index is 0.352. The van der Waals surface area contributed by atoms with Crippen molar-refractivity contribution in [1.29, 1.82) is 0 Å². The van der Waals surface area contributed by atoms with Gasteiger partial charge in [-0.2, -0.15) is 0 Å². The Bertz CT molecular complexity index is 166. The molecule has 2 saturated heterocycles. The SMILES string of the molecule is CC(OC(C)C1CCCN1)C1CCCN1. The summed E-state index contributed by atoms with van der Waals surface area (Å²) in [6.07, 6.45) is 5.84. The molecule has 4 atom stereocenters. The maximum absolute atomic E-state index is 6.09. The first-order chi connectivity index (χ1) is 7.27. The first kappa shape index (κ1) is 11.4. The molecule has 2 aliphatic rings. The van der Waals surface area contributed by atoms with Crippen LogP contribution in [0.2, 0.25) is 0 Å². The summed E-state index contributed by atoms with van der Waals surface area (Å²) in [5.74, 6) is 0. The standard InChI is InChI=1S/C12H24N2O/c1-9(11-5-3-7-13-11)15-10(2)12-6-4-8-14-12/h9-14H,3-8H2,1-2H3. The van der Waals surface area contributed by atoms with Gasteiger partial charge in [0.05, 0.1) is 12.2 Å². The molecule has 88 valence electrons. The Balaban J connectivity index is 1.74.